The first-order valence-corrected chi connectivity index (χ1v) is 12.1. The molecule has 1 aromatic heterocycles. The van der Waals surface area contributed by atoms with Crippen LogP contribution in [0.25, 0.3) is 0 Å². The Morgan fingerprint density at radius 2 is 1.75 bits per heavy atom. The highest BCUT2D eigenvalue weighted by atomic mass is 32.2. The quantitative estimate of drug-likeness (QED) is 0.557. The third kappa shape index (κ3) is 5.03. The molecule has 2 aromatic rings. The maximum Gasteiger partial charge on any atom is 0.501 e. The minimum absolute atomic E-state index is 0.0892. The van der Waals surface area contributed by atoms with Gasteiger partial charge in [-0.1, -0.05) is 0 Å². The van der Waals surface area contributed by atoms with Gasteiger partial charge < -0.3 is 9.64 Å². The van der Waals surface area contributed by atoms with Gasteiger partial charge in [0.2, 0.25) is 0 Å². The lowest BCUT2D eigenvalue weighted by molar-refractivity contribution is -0.116. The number of aromatic nitrogens is 1. The van der Waals surface area contributed by atoms with Gasteiger partial charge in [-0.25, -0.2) is 23.1 Å². The van der Waals surface area contributed by atoms with Gasteiger partial charge in [-0.15, -0.1) is 0 Å². The fourth-order valence-electron chi connectivity index (χ4n) is 3.69. The molecule has 15 heteroatoms. The number of rotatable bonds is 6. The number of urea groups is 1. The fraction of sp³-hybridized carbons (Fsp3) is 0.333. The van der Waals surface area contributed by atoms with E-state index in [1.54, 1.807) is 5.01 Å². The number of morpholine rings is 1. The highest BCUT2D eigenvalue weighted by Crippen LogP contribution is 2.32. The monoisotopic (exact) mass is 527 g/mol. The predicted octanol–water partition coefficient (Wildman–Crippen LogP) is 1.32. The third-order valence-corrected chi connectivity index (χ3v) is 7.04. The van der Waals surface area contributed by atoms with Crippen molar-refractivity contribution >= 4 is 33.4 Å². The topological polar surface area (TPSA) is 129 Å². The van der Waals surface area contributed by atoms with Crippen LogP contribution >= 0.6 is 0 Å². The molecule has 0 aliphatic carbocycles. The number of ether oxygens (including phenoxy) is 1. The lowest BCUT2D eigenvalue weighted by Crippen LogP contribution is -2.48. The lowest BCUT2D eigenvalue weighted by atomic mass is 10.1. The van der Waals surface area contributed by atoms with Gasteiger partial charge in [-0.2, -0.15) is 13.2 Å². The molecule has 0 spiro atoms. The number of carbonyl (C=O) groups is 3. The summed E-state index contributed by atoms with van der Waals surface area (Å²) in [6.45, 7) is 1.45. The van der Waals surface area contributed by atoms with Crippen LogP contribution in [0, 0.1) is 0 Å². The van der Waals surface area contributed by atoms with Crippen molar-refractivity contribution in [3.05, 3.63) is 53.9 Å². The second-order valence-electron chi connectivity index (χ2n) is 7.88. The molecular formula is C21H20F3N5O6S. The van der Waals surface area contributed by atoms with Gasteiger partial charge in [0.25, 0.3) is 21.7 Å². The summed E-state index contributed by atoms with van der Waals surface area (Å²) in [5.41, 5.74) is -2.21. The highest BCUT2D eigenvalue weighted by molar-refractivity contribution is 7.92. The van der Waals surface area contributed by atoms with E-state index < -0.39 is 38.1 Å². The van der Waals surface area contributed by atoms with Gasteiger partial charge in [0.05, 0.1) is 29.4 Å². The number of alkyl halides is 3. The minimum Gasteiger partial charge on any atom is -0.379 e. The molecule has 2 fully saturated rings. The van der Waals surface area contributed by atoms with Crippen LogP contribution in [-0.2, 0) is 25.9 Å². The Bertz CT molecular complexity index is 1280. The van der Waals surface area contributed by atoms with Crippen molar-refractivity contribution in [2.75, 3.05) is 37.7 Å². The van der Waals surface area contributed by atoms with Gasteiger partial charge in [-0.05, 0) is 35.9 Å². The number of hydrazine groups is 1. The van der Waals surface area contributed by atoms with E-state index in [0.717, 1.165) is 21.9 Å². The summed E-state index contributed by atoms with van der Waals surface area (Å²) in [4.78, 5) is 43.1. The second kappa shape index (κ2) is 9.83. The molecule has 0 atom stereocenters. The Kier molecular flexibility index (Phi) is 6.97. The van der Waals surface area contributed by atoms with E-state index in [0.29, 0.717) is 44.0 Å². The average Bonchev–Trinajstić information content (AvgIpc) is 3.12. The van der Waals surface area contributed by atoms with Crippen LogP contribution in [0.3, 0.4) is 0 Å². The van der Waals surface area contributed by atoms with Crippen molar-refractivity contribution in [2.45, 2.75) is 16.9 Å². The summed E-state index contributed by atoms with van der Waals surface area (Å²) < 4.78 is 66.7. The Morgan fingerprint density at radius 1 is 1.08 bits per heavy atom. The fourth-order valence-corrected chi connectivity index (χ4v) is 4.45. The van der Waals surface area contributed by atoms with Crippen LogP contribution in [0.15, 0.2) is 47.6 Å². The number of amides is 4. The molecule has 0 radical (unpaired) electrons. The largest absolute Gasteiger partial charge is 0.501 e. The van der Waals surface area contributed by atoms with Crippen molar-refractivity contribution in [3.8, 4) is 0 Å². The van der Waals surface area contributed by atoms with Crippen LogP contribution in [0.5, 0.6) is 0 Å². The summed E-state index contributed by atoms with van der Waals surface area (Å²) in [6.07, 6.45) is 2.77. The number of nitrogens with one attached hydrogen (secondary N) is 1. The summed E-state index contributed by atoms with van der Waals surface area (Å²) in [7, 11) is -5.57. The molecule has 4 rings (SSSR count). The van der Waals surface area contributed by atoms with Crippen molar-refractivity contribution in [1.82, 2.24) is 20.3 Å². The predicted molar refractivity (Wildman–Crippen MR) is 117 cm³/mol. The maximum atomic E-state index is 13.0. The third-order valence-electron chi connectivity index (χ3n) is 5.54. The zero-order chi connectivity index (χ0) is 26.1. The number of benzene rings is 1. The van der Waals surface area contributed by atoms with Gasteiger partial charge in [0.1, 0.15) is 6.54 Å². The van der Waals surface area contributed by atoms with E-state index in [-0.39, 0.29) is 24.3 Å². The zero-order valence-corrected chi connectivity index (χ0v) is 19.4. The molecule has 2 saturated heterocycles. The molecule has 1 aromatic carbocycles. The Hall–Kier alpha value is -3.56. The molecular weight excluding hydrogens is 507 g/mol. The van der Waals surface area contributed by atoms with Gasteiger partial charge >= 0.3 is 11.5 Å². The van der Waals surface area contributed by atoms with E-state index in [2.05, 4.69) is 10.4 Å². The van der Waals surface area contributed by atoms with Crippen molar-refractivity contribution in [2.24, 2.45) is 0 Å². The maximum absolute atomic E-state index is 13.0. The molecule has 36 heavy (non-hydrogen) atoms. The van der Waals surface area contributed by atoms with E-state index in [9.17, 15) is 36.0 Å². The van der Waals surface area contributed by atoms with E-state index in [4.69, 9.17) is 4.74 Å². The molecule has 1 N–H and O–H groups in total. The molecule has 3 heterocycles. The normalized spacial score (nSPS) is 17.5. The molecule has 0 unspecified atom stereocenters. The number of pyridine rings is 1. The number of halogens is 3. The molecule has 11 nitrogen and oxygen atoms in total. The standard InChI is InChI=1S/C21H20F3N5O6S/c22-21(23,24)36(33,34)16-3-1-15(2-4-16)29-18(30)13-27(20(29)32)12-14-5-6-25-11-17(14)19(31)26-28-7-9-35-10-8-28/h1-6,11H,7-10,12-13H2,(H,26,31). The summed E-state index contributed by atoms with van der Waals surface area (Å²) in [5, 5.41) is 1.69. The average molecular weight is 527 g/mol. The Morgan fingerprint density at radius 3 is 2.39 bits per heavy atom. The molecule has 2 aliphatic heterocycles. The second-order valence-corrected chi connectivity index (χ2v) is 9.83. The first kappa shape index (κ1) is 25.5. The number of carbonyl (C=O) groups excluding carboxylic acids is 3. The summed E-state index contributed by atoms with van der Waals surface area (Å²) >= 11 is 0. The van der Waals surface area contributed by atoms with Crippen molar-refractivity contribution in [3.63, 3.8) is 0 Å². The first-order chi connectivity index (χ1) is 17.0. The molecule has 0 saturated carbocycles. The highest BCUT2D eigenvalue weighted by Gasteiger charge is 2.47. The van der Waals surface area contributed by atoms with E-state index in [1.807, 2.05) is 0 Å². The Balaban J connectivity index is 1.50. The lowest BCUT2D eigenvalue weighted by Gasteiger charge is -2.27. The van der Waals surface area contributed by atoms with E-state index >= 15 is 0 Å². The van der Waals surface area contributed by atoms with Crippen molar-refractivity contribution < 1.29 is 40.7 Å². The van der Waals surface area contributed by atoms with E-state index in [1.165, 1.54) is 18.5 Å². The smallest absolute Gasteiger partial charge is 0.379 e. The van der Waals surface area contributed by atoms with Gasteiger partial charge in [0, 0.05) is 32.0 Å². The number of nitrogens with zero attached hydrogens (tertiary/aromatic N) is 4. The minimum atomic E-state index is -5.57. The summed E-state index contributed by atoms with van der Waals surface area (Å²) in [5.74, 6) is -1.11. The number of anilines is 1. The van der Waals surface area contributed by atoms with Crippen LogP contribution in [-0.4, -0.2) is 79.5 Å². The molecule has 192 valence electrons. The first-order valence-electron chi connectivity index (χ1n) is 10.6. The van der Waals surface area contributed by atoms with Gasteiger partial charge in [-0.3, -0.25) is 20.0 Å². The summed E-state index contributed by atoms with van der Waals surface area (Å²) in [6, 6.07) is 4.02. The number of hydrogen-bond acceptors (Lipinski definition) is 8. The SMILES string of the molecule is O=C(NN1CCOCC1)c1cnccc1CN1CC(=O)N(c2ccc(S(=O)(=O)C(F)(F)F)cc2)C1=O. The molecule has 4 amide bonds. The van der Waals surface area contributed by atoms with Crippen LogP contribution in [0.1, 0.15) is 15.9 Å². The zero-order valence-electron chi connectivity index (χ0n) is 18.6. The van der Waals surface area contributed by atoms with Crippen molar-refractivity contribution in [1.29, 1.82) is 0 Å². The molecule has 2 aliphatic rings. The van der Waals surface area contributed by atoms with Crippen LogP contribution < -0.4 is 10.3 Å². The van der Waals surface area contributed by atoms with Crippen LogP contribution in [0.4, 0.5) is 23.7 Å². The van der Waals surface area contributed by atoms with Gasteiger partial charge in [0.15, 0.2) is 0 Å². The number of imide groups is 1. The molecule has 0 bridgehead atoms. The number of sulfone groups is 1. The number of hydrogen-bond donors (Lipinski definition) is 1. The Labute approximate surface area is 203 Å². The van der Waals surface area contributed by atoms with Crippen LogP contribution in [0.2, 0.25) is 0 Å².